The molecule has 0 fully saturated rings. The van der Waals surface area contributed by atoms with Crippen molar-refractivity contribution < 1.29 is 4.79 Å². The Morgan fingerprint density at radius 3 is 2.56 bits per heavy atom. The number of hydrogen-bond donors (Lipinski definition) is 0. The topological polar surface area (TPSA) is 54.3 Å². The van der Waals surface area contributed by atoms with Crippen molar-refractivity contribution in [3.05, 3.63) is 12.2 Å². The van der Waals surface area contributed by atoms with Crippen LogP contribution in [-0.2, 0) is 17.9 Å². The van der Waals surface area contributed by atoms with E-state index in [1.807, 2.05) is 23.4 Å². The van der Waals surface area contributed by atoms with E-state index in [-0.39, 0.29) is 11.9 Å². The minimum atomic E-state index is -0.109. The van der Waals surface area contributed by atoms with Crippen LogP contribution in [0.2, 0.25) is 0 Å². The lowest BCUT2D eigenvalue weighted by Gasteiger charge is -2.28. The molecule has 0 radical (unpaired) electrons. The number of carbonyl (C=O) groups excluding carboxylic acids is 1. The van der Waals surface area contributed by atoms with Crippen molar-refractivity contribution in [3.8, 4) is 0 Å². The largest absolute Gasteiger partial charge is 0.347 e. The second kappa shape index (κ2) is 6.49. The molecule has 1 amide bonds. The standard InChI is InChI=1S/C12H23N5O/c1-6-10(12(18)15(3)4)16(5)8-11-14-13-9-17(11)7-2/h9-10H,6-8H2,1-5H3/t10-/m1/s1. The van der Waals surface area contributed by atoms with Gasteiger partial charge in [0.15, 0.2) is 0 Å². The average molecular weight is 253 g/mol. The Kier molecular flexibility index (Phi) is 5.27. The molecule has 0 saturated heterocycles. The lowest BCUT2D eigenvalue weighted by Crippen LogP contribution is -2.44. The minimum Gasteiger partial charge on any atom is -0.347 e. The number of likely N-dealkylation sites (N-methyl/N-ethyl adjacent to an activating group) is 2. The first-order valence-electron chi connectivity index (χ1n) is 6.29. The van der Waals surface area contributed by atoms with Crippen LogP contribution in [0.4, 0.5) is 0 Å². The summed E-state index contributed by atoms with van der Waals surface area (Å²) in [6, 6.07) is -0.109. The van der Waals surface area contributed by atoms with Crippen LogP contribution in [0, 0.1) is 0 Å². The zero-order valence-corrected chi connectivity index (χ0v) is 11.9. The van der Waals surface area contributed by atoms with Crippen LogP contribution >= 0.6 is 0 Å². The predicted octanol–water partition coefficient (Wildman–Crippen LogP) is 0.597. The van der Waals surface area contributed by atoms with Gasteiger partial charge >= 0.3 is 0 Å². The summed E-state index contributed by atoms with van der Waals surface area (Å²) in [7, 11) is 5.52. The SMILES string of the molecule is CC[C@H](C(=O)N(C)C)N(C)Cc1nncn1CC. The second-order valence-electron chi connectivity index (χ2n) is 4.61. The van der Waals surface area contributed by atoms with E-state index in [0.717, 1.165) is 18.8 Å². The van der Waals surface area contributed by atoms with E-state index in [1.165, 1.54) is 0 Å². The van der Waals surface area contributed by atoms with Crippen molar-refractivity contribution in [1.82, 2.24) is 24.6 Å². The van der Waals surface area contributed by atoms with E-state index in [9.17, 15) is 4.79 Å². The highest BCUT2D eigenvalue weighted by Gasteiger charge is 2.23. The summed E-state index contributed by atoms with van der Waals surface area (Å²) in [5.74, 6) is 1.02. The smallest absolute Gasteiger partial charge is 0.239 e. The van der Waals surface area contributed by atoms with Gasteiger partial charge in [0.25, 0.3) is 0 Å². The van der Waals surface area contributed by atoms with Crippen molar-refractivity contribution in [1.29, 1.82) is 0 Å². The lowest BCUT2D eigenvalue weighted by molar-refractivity contribution is -0.134. The zero-order valence-electron chi connectivity index (χ0n) is 11.9. The van der Waals surface area contributed by atoms with Gasteiger partial charge in [-0.2, -0.15) is 0 Å². The Morgan fingerprint density at radius 1 is 1.39 bits per heavy atom. The van der Waals surface area contributed by atoms with E-state index < -0.39 is 0 Å². The van der Waals surface area contributed by atoms with E-state index in [0.29, 0.717) is 6.54 Å². The van der Waals surface area contributed by atoms with E-state index in [1.54, 1.807) is 25.3 Å². The first-order valence-corrected chi connectivity index (χ1v) is 6.29. The normalized spacial score (nSPS) is 12.8. The van der Waals surface area contributed by atoms with Gasteiger partial charge in [0, 0.05) is 20.6 Å². The summed E-state index contributed by atoms with van der Waals surface area (Å²) < 4.78 is 1.99. The van der Waals surface area contributed by atoms with Crippen molar-refractivity contribution in [2.75, 3.05) is 21.1 Å². The molecule has 1 aromatic rings. The quantitative estimate of drug-likeness (QED) is 0.745. The summed E-state index contributed by atoms with van der Waals surface area (Å²) in [4.78, 5) is 15.7. The summed E-state index contributed by atoms with van der Waals surface area (Å²) >= 11 is 0. The molecule has 0 aromatic carbocycles. The maximum absolute atomic E-state index is 12.0. The molecule has 0 aliphatic carbocycles. The number of carbonyl (C=O) groups is 1. The molecule has 0 saturated carbocycles. The van der Waals surface area contributed by atoms with Crippen LogP contribution in [0.3, 0.4) is 0 Å². The molecule has 18 heavy (non-hydrogen) atoms. The fourth-order valence-electron chi connectivity index (χ4n) is 1.97. The molecule has 1 aromatic heterocycles. The molecular formula is C12H23N5O. The highest BCUT2D eigenvalue weighted by Crippen LogP contribution is 2.09. The van der Waals surface area contributed by atoms with Crippen molar-refractivity contribution in [3.63, 3.8) is 0 Å². The summed E-state index contributed by atoms with van der Waals surface area (Å²) in [5.41, 5.74) is 0. The predicted molar refractivity (Wildman–Crippen MR) is 69.9 cm³/mol. The van der Waals surface area contributed by atoms with Gasteiger partial charge in [0.05, 0.1) is 12.6 Å². The molecule has 0 unspecified atom stereocenters. The maximum Gasteiger partial charge on any atom is 0.239 e. The summed E-state index contributed by atoms with van der Waals surface area (Å²) in [5, 5.41) is 8.00. The van der Waals surface area contributed by atoms with Gasteiger partial charge in [-0.05, 0) is 20.4 Å². The molecule has 0 bridgehead atoms. The summed E-state index contributed by atoms with van der Waals surface area (Å²) in [6.45, 7) is 5.54. The van der Waals surface area contributed by atoms with Crippen LogP contribution < -0.4 is 0 Å². The van der Waals surface area contributed by atoms with E-state index >= 15 is 0 Å². The molecule has 0 N–H and O–H groups in total. The number of rotatable bonds is 6. The van der Waals surface area contributed by atoms with Crippen LogP contribution in [0.1, 0.15) is 26.1 Å². The summed E-state index contributed by atoms with van der Waals surface area (Å²) in [6.07, 6.45) is 2.51. The Hall–Kier alpha value is -1.43. The first-order chi connectivity index (χ1) is 8.51. The molecule has 0 aliphatic rings. The molecular weight excluding hydrogens is 230 g/mol. The Morgan fingerprint density at radius 2 is 2.06 bits per heavy atom. The van der Waals surface area contributed by atoms with Gasteiger partial charge in [-0.1, -0.05) is 6.92 Å². The minimum absolute atomic E-state index is 0.109. The molecule has 1 atom stereocenters. The van der Waals surface area contributed by atoms with Gasteiger partial charge < -0.3 is 9.47 Å². The highest BCUT2D eigenvalue weighted by molar-refractivity contribution is 5.81. The van der Waals surface area contributed by atoms with Gasteiger partial charge in [-0.25, -0.2) is 0 Å². The molecule has 0 spiro atoms. The Balaban J connectivity index is 2.74. The van der Waals surface area contributed by atoms with Crippen LogP contribution in [0.25, 0.3) is 0 Å². The van der Waals surface area contributed by atoms with Crippen LogP contribution in [0.15, 0.2) is 6.33 Å². The number of hydrogen-bond acceptors (Lipinski definition) is 4. The monoisotopic (exact) mass is 253 g/mol. The van der Waals surface area contributed by atoms with Crippen molar-refractivity contribution >= 4 is 5.91 Å². The van der Waals surface area contributed by atoms with E-state index in [4.69, 9.17) is 0 Å². The van der Waals surface area contributed by atoms with Crippen LogP contribution in [-0.4, -0.2) is 57.7 Å². The number of aromatic nitrogens is 3. The van der Waals surface area contributed by atoms with Gasteiger partial charge in [-0.15, -0.1) is 10.2 Å². The average Bonchev–Trinajstić information content (AvgIpc) is 2.76. The zero-order chi connectivity index (χ0) is 13.7. The first kappa shape index (κ1) is 14.6. The molecule has 1 heterocycles. The van der Waals surface area contributed by atoms with E-state index in [2.05, 4.69) is 17.1 Å². The molecule has 102 valence electrons. The Labute approximate surface area is 109 Å². The third-order valence-corrected chi connectivity index (χ3v) is 3.07. The fraction of sp³-hybridized carbons (Fsp3) is 0.750. The molecule has 6 heteroatoms. The van der Waals surface area contributed by atoms with Gasteiger partial charge in [-0.3, -0.25) is 9.69 Å². The lowest BCUT2D eigenvalue weighted by atomic mass is 10.1. The fourth-order valence-corrected chi connectivity index (χ4v) is 1.97. The third kappa shape index (κ3) is 3.29. The molecule has 1 rings (SSSR count). The second-order valence-corrected chi connectivity index (χ2v) is 4.61. The molecule has 6 nitrogen and oxygen atoms in total. The Bertz CT molecular complexity index is 388. The maximum atomic E-state index is 12.0. The van der Waals surface area contributed by atoms with Crippen LogP contribution in [0.5, 0.6) is 0 Å². The molecule has 0 aliphatic heterocycles. The van der Waals surface area contributed by atoms with Gasteiger partial charge in [0.1, 0.15) is 12.2 Å². The van der Waals surface area contributed by atoms with Crippen molar-refractivity contribution in [2.24, 2.45) is 0 Å². The van der Waals surface area contributed by atoms with Gasteiger partial charge in [0.2, 0.25) is 5.91 Å². The number of amides is 1. The number of nitrogens with zero attached hydrogens (tertiary/aromatic N) is 5. The van der Waals surface area contributed by atoms with Crippen molar-refractivity contribution in [2.45, 2.75) is 39.4 Å². The third-order valence-electron chi connectivity index (χ3n) is 3.07. The number of aryl methyl sites for hydroxylation is 1. The highest BCUT2D eigenvalue weighted by atomic mass is 16.2.